The van der Waals surface area contributed by atoms with Crippen LogP contribution in [0.5, 0.6) is 0 Å². The third-order valence-electron chi connectivity index (χ3n) is 3.43. The summed E-state index contributed by atoms with van der Waals surface area (Å²) in [4.78, 5) is 32.7. The Balaban J connectivity index is 3.55. The van der Waals surface area contributed by atoms with Gasteiger partial charge in [-0.3, -0.25) is 14.4 Å². The van der Waals surface area contributed by atoms with E-state index in [-0.39, 0.29) is 12.2 Å². The van der Waals surface area contributed by atoms with E-state index < -0.39 is 17.4 Å². The van der Waals surface area contributed by atoms with Gasteiger partial charge < -0.3 is 10.2 Å². The van der Waals surface area contributed by atoms with Crippen molar-refractivity contribution < 1.29 is 24.6 Å². The molecule has 20 heavy (non-hydrogen) atoms. The molecule has 5 nitrogen and oxygen atoms in total. The number of unbranched alkanes of at least 4 members (excludes halogenated alkanes) is 3. The first-order valence-corrected chi connectivity index (χ1v) is 7.22. The number of ketones is 1. The normalized spacial score (nSPS) is 11.3. The topological polar surface area (TPSA) is 91.7 Å². The molecule has 0 aliphatic carbocycles. The van der Waals surface area contributed by atoms with Gasteiger partial charge in [0.1, 0.15) is 5.78 Å². The fraction of sp³-hybridized carbons (Fsp3) is 0.800. The number of rotatable bonds is 12. The Kier molecular flexibility index (Phi) is 8.84. The van der Waals surface area contributed by atoms with Crippen LogP contribution < -0.4 is 0 Å². The van der Waals surface area contributed by atoms with Crippen LogP contribution >= 0.6 is 0 Å². The van der Waals surface area contributed by atoms with Crippen LogP contribution in [-0.2, 0) is 14.4 Å². The lowest BCUT2D eigenvalue weighted by atomic mass is 9.87. The standard InChI is InChI=1S/C15H26O5/c1-15(2,14(19)20)11-7-6-9-12(16)8-4-3-5-10-13(17)18/h3-11H2,1-2H3,(H,17,18)(H,19,20). The van der Waals surface area contributed by atoms with Crippen LogP contribution in [0.25, 0.3) is 0 Å². The third kappa shape index (κ3) is 9.53. The summed E-state index contributed by atoms with van der Waals surface area (Å²) in [6.07, 6.45) is 5.34. The molecule has 0 saturated carbocycles. The van der Waals surface area contributed by atoms with Gasteiger partial charge in [0.05, 0.1) is 5.41 Å². The van der Waals surface area contributed by atoms with E-state index in [1.165, 1.54) is 0 Å². The number of carboxylic acid groups (broad SMARTS) is 2. The molecule has 0 fully saturated rings. The van der Waals surface area contributed by atoms with Crippen molar-refractivity contribution in [3.05, 3.63) is 0 Å². The first-order chi connectivity index (χ1) is 9.25. The molecule has 0 spiro atoms. The van der Waals surface area contributed by atoms with Gasteiger partial charge in [0, 0.05) is 19.3 Å². The molecule has 0 radical (unpaired) electrons. The number of carboxylic acids is 2. The Morgan fingerprint density at radius 1 is 0.800 bits per heavy atom. The highest BCUT2D eigenvalue weighted by molar-refractivity contribution is 5.78. The van der Waals surface area contributed by atoms with Gasteiger partial charge in [0.15, 0.2) is 0 Å². The maximum atomic E-state index is 11.6. The van der Waals surface area contributed by atoms with Gasteiger partial charge in [-0.05, 0) is 39.5 Å². The zero-order chi connectivity index (χ0) is 15.6. The van der Waals surface area contributed by atoms with Crippen molar-refractivity contribution >= 4 is 17.7 Å². The van der Waals surface area contributed by atoms with Crippen LogP contribution in [0.15, 0.2) is 0 Å². The molecule has 0 aliphatic heterocycles. The monoisotopic (exact) mass is 286 g/mol. The lowest BCUT2D eigenvalue weighted by Gasteiger charge is -2.18. The van der Waals surface area contributed by atoms with E-state index in [0.29, 0.717) is 25.7 Å². The van der Waals surface area contributed by atoms with Gasteiger partial charge >= 0.3 is 11.9 Å². The summed E-state index contributed by atoms with van der Waals surface area (Å²) in [5.74, 6) is -1.41. The quantitative estimate of drug-likeness (QED) is 0.537. The first kappa shape index (κ1) is 18.6. The van der Waals surface area contributed by atoms with Gasteiger partial charge in [-0.15, -0.1) is 0 Å². The largest absolute Gasteiger partial charge is 0.481 e. The number of carbonyl (C=O) groups is 3. The van der Waals surface area contributed by atoms with E-state index in [1.807, 2.05) is 0 Å². The molecule has 0 aliphatic rings. The van der Waals surface area contributed by atoms with E-state index in [1.54, 1.807) is 13.8 Å². The van der Waals surface area contributed by atoms with Gasteiger partial charge in [-0.1, -0.05) is 12.8 Å². The van der Waals surface area contributed by atoms with Crippen molar-refractivity contribution in [3.8, 4) is 0 Å². The highest BCUT2D eigenvalue weighted by Crippen LogP contribution is 2.23. The van der Waals surface area contributed by atoms with Crippen molar-refractivity contribution in [2.24, 2.45) is 5.41 Å². The lowest BCUT2D eigenvalue weighted by molar-refractivity contribution is -0.147. The van der Waals surface area contributed by atoms with Crippen LogP contribution in [0.1, 0.15) is 71.6 Å². The smallest absolute Gasteiger partial charge is 0.309 e. The molecule has 0 aromatic heterocycles. The molecule has 0 aromatic rings. The van der Waals surface area contributed by atoms with Crippen molar-refractivity contribution in [1.29, 1.82) is 0 Å². The zero-order valence-electron chi connectivity index (χ0n) is 12.5. The summed E-state index contributed by atoms with van der Waals surface area (Å²) in [6.45, 7) is 3.39. The number of hydrogen-bond acceptors (Lipinski definition) is 3. The Labute approximate surface area is 120 Å². The second-order valence-corrected chi connectivity index (χ2v) is 5.89. The maximum absolute atomic E-state index is 11.6. The molecule has 5 heteroatoms. The fourth-order valence-corrected chi connectivity index (χ4v) is 1.90. The minimum atomic E-state index is -0.803. The number of aliphatic carboxylic acids is 2. The average molecular weight is 286 g/mol. The maximum Gasteiger partial charge on any atom is 0.309 e. The summed E-state index contributed by atoms with van der Waals surface area (Å²) < 4.78 is 0. The fourth-order valence-electron chi connectivity index (χ4n) is 1.90. The summed E-state index contributed by atoms with van der Waals surface area (Å²) in [6, 6.07) is 0. The van der Waals surface area contributed by atoms with E-state index >= 15 is 0 Å². The van der Waals surface area contributed by atoms with Crippen LogP contribution in [0.3, 0.4) is 0 Å². The predicted molar refractivity (Wildman–Crippen MR) is 75.6 cm³/mol. The molecule has 0 atom stereocenters. The Bertz CT molecular complexity index is 333. The van der Waals surface area contributed by atoms with Gasteiger partial charge in [0.25, 0.3) is 0 Å². The summed E-state index contributed by atoms with van der Waals surface area (Å²) in [5, 5.41) is 17.4. The van der Waals surface area contributed by atoms with Crippen molar-refractivity contribution in [3.63, 3.8) is 0 Å². The second-order valence-electron chi connectivity index (χ2n) is 5.89. The van der Waals surface area contributed by atoms with Crippen LogP contribution in [0.2, 0.25) is 0 Å². The van der Waals surface area contributed by atoms with E-state index in [0.717, 1.165) is 25.7 Å². The molecular formula is C15H26O5. The highest BCUT2D eigenvalue weighted by Gasteiger charge is 2.26. The minimum absolute atomic E-state index is 0.165. The van der Waals surface area contributed by atoms with Gasteiger partial charge in [-0.25, -0.2) is 0 Å². The van der Waals surface area contributed by atoms with E-state index in [9.17, 15) is 14.4 Å². The molecule has 0 aromatic carbocycles. The SMILES string of the molecule is CC(C)(CCCCC(=O)CCCCCC(=O)O)C(=O)O. The minimum Gasteiger partial charge on any atom is -0.481 e. The molecule has 0 saturated heterocycles. The van der Waals surface area contributed by atoms with Crippen LogP contribution in [0, 0.1) is 5.41 Å². The second kappa shape index (κ2) is 9.50. The molecule has 0 rings (SSSR count). The van der Waals surface area contributed by atoms with Gasteiger partial charge in [-0.2, -0.15) is 0 Å². The van der Waals surface area contributed by atoms with Crippen LogP contribution in [-0.4, -0.2) is 27.9 Å². The summed E-state index contributed by atoms with van der Waals surface area (Å²) in [5.41, 5.74) is -0.722. The predicted octanol–water partition coefficient (Wildman–Crippen LogP) is 3.26. The molecular weight excluding hydrogens is 260 g/mol. The van der Waals surface area contributed by atoms with Crippen LogP contribution in [0.4, 0.5) is 0 Å². The number of hydrogen-bond donors (Lipinski definition) is 2. The lowest BCUT2D eigenvalue weighted by Crippen LogP contribution is -2.23. The molecule has 116 valence electrons. The van der Waals surface area contributed by atoms with E-state index in [4.69, 9.17) is 10.2 Å². The molecule has 2 N–H and O–H groups in total. The number of carbonyl (C=O) groups excluding carboxylic acids is 1. The molecule has 0 bridgehead atoms. The average Bonchev–Trinajstić information content (AvgIpc) is 2.33. The Morgan fingerprint density at radius 2 is 1.30 bits per heavy atom. The zero-order valence-corrected chi connectivity index (χ0v) is 12.5. The third-order valence-corrected chi connectivity index (χ3v) is 3.43. The molecule has 0 unspecified atom stereocenters. The Hall–Kier alpha value is -1.39. The van der Waals surface area contributed by atoms with Gasteiger partial charge in [0.2, 0.25) is 0 Å². The number of Topliss-reactive ketones (excluding diaryl/α,β-unsaturated/α-hetero) is 1. The molecule has 0 heterocycles. The van der Waals surface area contributed by atoms with E-state index in [2.05, 4.69) is 0 Å². The highest BCUT2D eigenvalue weighted by atomic mass is 16.4. The Morgan fingerprint density at radius 3 is 1.80 bits per heavy atom. The van der Waals surface area contributed by atoms with Crippen molar-refractivity contribution in [1.82, 2.24) is 0 Å². The van der Waals surface area contributed by atoms with Crippen molar-refractivity contribution in [2.45, 2.75) is 71.6 Å². The van der Waals surface area contributed by atoms with Crippen molar-refractivity contribution in [2.75, 3.05) is 0 Å². The molecule has 0 amide bonds. The summed E-state index contributed by atoms with van der Waals surface area (Å²) >= 11 is 0. The summed E-state index contributed by atoms with van der Waals surface area (Å²) in [7, 11) is 0. The first-order valence-electron chi connectivity index (χ1n) is 7.22.